The number of aromatic nitrogens is 3. The maximum atomic E-state index is 12.2. The monoisotopic (exact) mass is 339 g/mol. The first kappa shape index (κ1) is 16.0. The summed E-state index contributed by atoms with van der Waals surface area (Å²) < 4.78 is 7.18. The predicted octanol–water partition coefficient (Wildman–Crippen LogP) is 1.81. The highest BCUT2D eigenvalue weighted by molar-refractivity contribution is 6.04. The van der Waals surface area contributed by atoms with E-state index in [1.165, 1.54) is 0 Å². The van der Waals surface area contributed by atoms with Gasteiger partial charge >= 0.3 is 0 Å². The summed E-state index contributed by atoms with van der Waals surface area (Å²) in [6.07, 6.45) is 4.13. The Morgan fingerprint density at radius 1 is 1.16 bits per heavy atom. The molecule has 1 aromatic carbocycles. The number of hydrogen-bond donors (Lipinski definition) is 0. The van der Waals surface area contributed by atoms with Crippen molar-refractivity contribution >= 4 is 11.6 Å². The van der Waals surface area contributed by atoms with Crippen molar-refractivity contribution in [2.45, 2.75) is 31.7 Å². The van der Waals surface area contributed by atoms with E-state index in [1.807, 2.05) is 36.5 Å². The van der Waals surface area contributed by atoms with Crippen molar-refractivity contribution in [2.24, 2.45) is 5.10 Å². The van der Waals surface area contributed by atoms with E-state index in [0.717, 1.165) is 30.0 Å². The van der Waals surface area contributed by atoms with Gasteiger partial charge in [0.2, 0.25) is 5.91 Å². The fraction of sp³-hybridized carbons (Fsp3) is 0.444. The molecular formula is C18H21N5O2. The SMILES string of the molecule is O=C1CCC(c2ccccc2)=NN1CCn1cc(C2CCOC2)nn1. The number of hydrazone groups is 1. The fourth-order valence-electron chi connectivity index (χ4n) is 3.19. The second-order valence-corrected chi connectivity index (χ2v) is 6.40. The number of carbonyl (C=O) groups is 1. The Balaban J connectivity index is 1.42. The molecule has 4 rings (SSSR count). The Labute approximate surface area is 146 Å². The van der Waals surface area contributed by atoms with Gasteiger partial charge in [0.1, 0.15) is 0 Å². The van der Waals surface area contributed by atoms with Gasteiger partial charge in [-0.15, -0.1) is 5.10 Å². The van der Waals surface area contributed by atoms with Crippen LogP contribution in [0.2, 0.25) is 0 Å². The Hall–Kier alpha value is -2.54. The van der Waals surface area contributed by atoms with Crippen molar-refractivity contribution < 1.29 is 9.53 Å². The molecule has 1 unspecified atom stereocenters. The van der Waals surface area contributed by atoms with E-state index in [-0.39, 0.29) is 5.91 Å². The number of rotatable bonds is 5. The number of benzene rings is 1. The highest BCUT2D eigenvalue weighted by Crippen LogP contribution is 2.22. The molecule has 1 atom stereocenters. The van der Waals surface area contributed by atoms with Crippen LogP contribution >= 0.6 is 0 Å². The van der Waals surface area contributed by atoms with Crippen LogP contribution < -0.4 is 0 Å². The van der Waals surface area contributed by atoms with Crippen molar-refractivity contribution in [2.75, 3.05) is 19.8 Å². The Morgan fingerprint density at radius 2 is 2.04 bits per heavy atom. The summed E-state index contributed by atoms with van der Waals surface area (Å²) in [5, 5.41) is 14.5. The van der Waals surface area contributed by atoms with Gasteiger partial charge in [-0.25, -0.2) is 5.01 Å². The standard InChI is InChI=1S/C18H21N5O2/c24-18-7-6-16(14-4-2-1-3-5-14)20-23(18)10-9-22-12-17(19-21-22)15-8-11-25-13-15/h1-5,12,15H,6-11,13H2. The zero-order valence-electron chi connectivity index (χ0n) is 14.0. The summed E-state index contributed by atoms with van der Waals surface area (Å²) in [5.41, 5.74) is 3.00. The minimum absolute atomic E-state index is 0.0595. The third-order valence-electron chi connectivity index (χ3n) is 4.66. The van der Waals surface area contributed by atoms with Crippen LogP contribution in [0.3, 0.4) is 0 Å². The Morgan fingerprint density at radius 3 is 2.84 bits per heavy atom. The first-order valence-electron chi connectivity index (χ1n) is 8.70. The molecule has 2 aliphatic heterocycles. The van der Waals surface area contributed by atoms with E-state index >= 15 is 0 Å². The molecule has 1 fully saturated rings. The van der Waals surface area contributed by atoms with Gasteiger partial charge in [0.15, 0.2) is 0 Å². The van der Waals surface area contributed by atoms with Gasteiger partial charge in [-0.05, 0) is 12.0 Å². The van der Waals surface area contributed by atoms with Crippen molar-refractivity contribution in [1.82, 2.24) is 20.0 Å². The maximum Gasteiger partial charge on any atom is 0.243 e. The number of hydrogen-bond acceptors (Lipinski definition) is 5. The first-order valence-corrected chi connectivity index (χ1v) is 8.70. The van der Waals surface area contributed by atoms with Crippen LogP contribution in [-0.2, 0) is 16.1 Å². The van der Waals surface area contributed by atoms with Crippen LogP contribution in [0.15, 0.2) is 41.6 Å². The summed E-state index contributed by atoms with van der Waals surface area (Å²) in [6, 6.07) is 10.0. The number of nitrogens with zero attached hydrogens (tertiary/aromatic N) is 5. The summed E-state index contributed by atoms with van der Waals surface area (Å²) in [5.74, 6) is 0.400. The molecule has 1 amide bonds. The Bertz CT molecular complexity index is 765. The van der Waals surface area contributed by atoms with E-state index in [1.54, 1.807) is 9.69 Å². The molecule has 1 saturated heterocycles. The van der Waals surface area contributed by atoms with Crippen molar-refractivity contribution in [1.29, 1.82) is 0 Å². The second kappa shape index (κ2) is 7.14. The maximum absolute atomic E-state index is 12.2. The van der Waals surface area contributed by atoms with E-state index < -0.39 is 0 Å². The quantitative estimate of drug-likeness (QED) is 0.833. The van der Waals surface area contributed by atoms with Crippen molar-refractivity contribution in [3.8, 4) is 0 Å². The van der Waals surface area contributed by atoms with Gasteiger partial charge in [-0.3, -0.25) is 9.48 Å². The molecule has 2 aromatic rings. The molecule has 7 heteroatoms. The van der Waals surface area contributed by atoms with Crippen LogP contribution in [0.4, 0.5) is 0 Å². The van der Waals surface area contributed by atoms with Crippen LogP contribution in [-0.4, -0.2) is 51.4 Å². The largest absolute Gasteiger partial charge is 0.381 e. The van der Waals surface area contributed by atoms with Gasteiger partial charge in [-0.1, -0.05) is 35.5 Å². The van der Waals surface area contributed by atoms with Gasteiger partial charge in [0.05, 0.1) is 31.1 Å². The molecule has 0 N–H and O–H groups in total. The highest BCUT2D eigenvalue weighted by Gasteiger charge is 2.23. The lowest BCUT2D eigenvalue weighted by Crippen LogP contribution is -2.34. The lowest BCUT2D eigenvalue weighted by atomic mass is 10.0. The average Bonchev–Trinajstić information content (AvgIpc) is 3.33. The number of carbonyl (C=O) groups excluding carboxylic acids is 1. The number of ether oxygens (including phenoxy) is 1. The molecule has 3 heterocycles. The van der Waals surface area contributed by atoms with Gasteiger partial charge in [-0.2, -0.15) is 5.10 Å². The molecule has 1 aromatic heterocycles. The molecule has 130 valence electrons. The summed E-state index contributed by atoms with van der Waals surface area (Å²) in [6.45, 7) is 2.59. The molecular weight excluding hydrogens is 318 g/mol. The molecule has 0 saturated carbocycles. The normalized spacial score (nSPS) is 20.8. The highest BCUT2D eigenvalue weighted by atomic mass is 16.5. The lowest BCUT2D eigenvalue weighted by molar-refractivity contribution is -0.131. The zero-order valence-corrected chi connectivity index (χ0v) is 14.0. The minimum Gasteiger partial charge on any atom is -0.381 e. The van der Waals surface area contributed by atoms with Gasteiger partial charge in [0, 0.05) is 31.6 Å². The third-order valence-corrected chi connectivity index (χ3v) is 4.66. The molecule has 7 nitrogen and oxygen atoms in total. The van der Waals surface area contributed by atoms with E-state index in [2.05, 4.69) is 15.4 Å². The molecule has 0 spiro atoms. The van der Waals surface area contributed by atoms with E-state index in [4.69, 9.17) is 4.74 Å². The summed E-state index contributed by atoms with van der Waals surface area (Å²) in [4.78, 5) is 12.2. The average molecular weight is 339 g/mol. The fourth-order valence-corrected chi connectivity index (χ4v) is 3.19. The molecule has 0 bridgehead atoms. The zero-order chi connectivity index (χ0) is 17.1. The van der Waals surface area contributed by atoms with Crippen molar-refractivity contribution in [3.05, 3.63) is 47.8 Å². The van der Waals surface area contributed by atoms with Gasteiger partial charge in [0.25, 0.3) is 0 Å². The van der Waals surface area contributed by atoms with Crippen LogP contribution in [0.1, 0.15) is 36.4 Å². The lowest BCUT2D eigenvalue weighted by Gasteiger charge is -2.23. The van der Waals surface area contributed by atoms with E-state index in [9.17, 15) is 4.79 Å². The smallest absolute Gasteiger partial charge is 0.243 e. The summed E-state index contributed by atoms with van der Waals surface area (Å²) >= 11 is 0. The first-order chi connectivity index (χ1) is 12.3. The third kappa shape index (κ3) is 3.61. The Kier molecular flexibility index (Phi) is 4.56. The molecule has 2 aliphatic rings. The summed E-state index contributed by atoms with van der Waals surface area (Å²) in [7, 11) is 0. The van der Waals surface area contributed by atoms with Crippen LogP contribution in [0.5, 0.6) is 0 Å². The van der Waals surface area contributed by atoms with Crippen molar-refractivity contribution in [3.63, 3.8) is 0 Å². The van der Waals surface area contributed by atoms with Crippen LogP contribution in [0, 0.1) is 0 Å². The minimum atomic E-state index is 0.0595. The molecule has 25 heavy (non-hydrogen) atoms. The molecule has 0 radical (unpaired) electrons. The number of amides is 1. The topological polar surface area (TPSA) is 72.6 Å². The van der Waals surface area contributed by atoms with E-state index in [0.29, 0.717) is 38.5 Å². The second-order valence-electron chi connectivity index (χ2n) is 6.40. The van der Waals surface area contributed by atoms with Gasteiger partial charge < -0.3 is 4.74 Å². The predicted molar refractivity (Wildman–Crippen MR) is 92.1 cm³/mol. The molecule has 0 aliphatic carbocycles. The van der Waals surface area contributed by atoms with Crippen LogP contribution in [0.25, 0.3) is 0 Å².